The first kappa shape index (κ1) is 19.9. The summed E-state index contributed by atoms with van der Waals surface area (Å²) in [5.41, 5.74) is 2.20. The quantitative estimate of drug-likeness (QED) is 0.331. The SMILES string of the molecule is CSc1ccc(C(=O)O[C@H](C)C(=O)N2CCc3ccccc3C2)cc1[N+](=O)[O-]. The van der Waals surface area contributed by atoms with Gasteiger partial charge >= 0.3 is 5.97 Å². The molecule has 0 bridgehead atoms. The third-order valence-corrected chi connectivity index (χ3v) is 5.47. The number of nitrogens with zero attached hydrogens (tertiary/aromatic N) is 2. The average Bonchev–Trinajstić information content (AvgIpc) is 2.72. The van der Waals surface area contributed by atoms with E-state index >= 15 is 0 Å². The number of hydrogen-bond acceptors (Lipinski definition) is 6. The number of fused-ring (bicyclic) bond motifs is 1. The molecule has 1 aliphatic heterocycles. The fourth-order valence-corrected chi connectivity index (χ4v) is 3.73. The molecule has 1 amide bonds. The molecule has 146 valence electrons. The fraction of sp³-hybridized carbons (Fsp3) is 0.300. The molecule has 0 aliphatic carbocycles. The number of ether oxygens (including phenoxy) is 1. The lowest BCUT2D eigenvalue weighted by molar-refractivity contribution is -0.387. The highest BCUT2D eigenvalue weighted by Crippen LogP contribution is 2.28. The molecule has 0 radical (unpaired) electrons. The van der Waals surface area contributed by atoms with E-state index in [0.29, 0.717) is 18.0 Å². The Kier molecular flexibility index (Phi) is 5.99. The van der Waals surface area contributed by atoms with Crippen LogP contribution in [-0.4, -0.2) is 40.6 Å². The van der Waals surface area contributed by atoms with Crippen molar-refractivity contribution >= 4 is 29.3 Å². The number of rotatable bonds is 5. The number of carbonyl (C=O) groups excluding carboxylic acids is 2. The zero-order valence-corrected chi connectivity index (χ0v) is 16.4. The summed E-state index contributed by atoms with van der Waals surface area (Å²) in [6.07, 6.45) is 1.50. The van der Waals surface area contributed by atoms with Crippen molar-refractivity contribution < 1.29 is 19.2 Å². The molecule has 2 aromatic rings. The van der Waals surface area contributed by atoms with Gasteiger partial charge in [0.15, 0.2) is 6.10 Å². The zero-order valence-electron chi connectivity index (χ0n) is 15.6. The van der Waals surface area contributed by atoms with Crippen molar-refractivity contribution in [3.63, 3.8) is 0 Å². The molecule has 7 nitrogen and oxygen atoms in total. The minimum atomic E-state index is -0.975. The van der Waals surface area contributed by atoms with Gasteiger partial charge in [0.25, 0.3) is 11.6 Å². The molecule has 1 heterocycles. The Labute approximate surface area is 166 Å². The van der Waals surface area contributed by atoms with Gasteiger partial charge in [0.1, 0.15) is 0 Å². The molecule has 28 heavy (non-hydrogen) atoms. The molecule has 0 aromatic heterocycles. The highest BCUT2D eigenvalue weighted by Gasteiger charge is 2.28. The van der Waals surface area contributed by atoms with E-state index in [0.717, 1.165) is 12.0 Å². The predicted octanol–water partition coefficient (Wildman–Crippen LogP) is 3.45. The summed E-state index contributed by atoms with van der Waals surface area (Å²) in [6.45, 7) is 2.56. The van der Waals surface area contributed by atoms with Crippen LogP contribution in [0.5, 0.6) is 0 Å². The lowest BCUT2D eigenvalue weighted by Crippen LogP contribution is -2.42. The highest BCUT2D eigenvalue weighted by atomic mass is 32.2. The standard InChI is InChI=1S/C20H20N2O5S/c1-13(19(23)21-10-9-14-5-3-4-6-16(14)12-21)27-20(24)15-7-8-18(28-2)17(11-15)22(25)26/h3-8,11,13H,9-10,12H2,1-2H3/t13-/m1/s1. The van der Waals surface area contributed by atoms with Crippen molar-refractivity contribution in [1.29, 1.82) is 0 Å². The highest BCUT2D eigenvalue weighted by molar-refractivity contribution is 7.98. The molecule has 8 heteroatoms. The summed E-state index contributed by atoms with van der Waals surface area (Å²) in [6, 6.07) is 12.1. The van der Waals surface area contributed by atoms with E-state index in [1.54, 1.807) is 11.2 Å². The van der Waals surface area contributed by atoms with E-state index in [9.17, 15) is 19.7 Å². The van der Waals surface area contributed by atoms with Crippen LogP contribution in [0.4, 0.5) is 5.69 Å². The Balaban J connectivity index is 1.68. The first-order chi connectivity index (χ1) is 13.4. The third-order valence-electron chi connectivity index (χ3n) is 4.69. The van der Waals surface area contributed by atoms with E-state index in [1.807, 2.05) is 24.3 Å². The average molecular weight is 400 g/mol. The molecule has 0 spiro atoms. The number of benzene rings is 2. The maximum absolute atomic E-state index is 12.7. The number of esters is 1. The Hall–Kier alpha value is -2.87. The predicted molar refractivity (Wildman–Crippen MR) is 105 cm³/mol. The van der Waals surface area contributed by atoms with Gasteiger partial charge in [-0.15, -0.1) is 11.8 Å². The van der Waals surface area contributed by atoms with Gasteiger partial charge in [0.2, 0.25) is 0 Å². The van der Waals surface area contributed by atoms with Crippen LogP contribution < -0.4 is 0 Å². The molecule has 2 aromatic carbocycles. The monoisotopic (exact) mass is 400 g/mol. The molecule has 0 N–H and O–H groups in total. The van der Waals surface area contributed by atoms with E-state index in [-0.39, 0.29) is 17.2 Å². The van der Waals surface area contributed by atoms with Crippen molar-refractivity contribution in [2.45, 2.75) is 30.9 Å². The summed E-state index contributed by atoms with van der Waals surface area (Å²) in [7, 11) is 0. The van der Waals surface area contributed by atoms with Gasteiger partial charge in [-0.05, 0) is 42.9 Å². The maximum atomic E-state index is 12.7. The number of nitro benzene ring substituents is 1. The second kappa shape index (κ2) is 8.43. The van der Waals surface area contributed by atoms with Crippen LogP contribution in [0.3, 0.4) is 0 Å². The fourth-order valence-electron chi connectivity index (χ4n) is 3.18. The Morgan fingerprint density at radius 2 is 1.93 bits per heavy atom. The van der Waals surface area contributed by atoms with Crippen LogP contribution in [0.25, 0.3) is 0 Å². The molecule has 0 saturated carbocycles. The van der Waals surface area contributed by atoms with Crippen LogP contribution in [0, 0.1) is 10.1 Å². The number of hydrogen-bond donors (Lipinski definition) is 0. The first-order valence-electron chi connectivity index (χ1n) is 8.79. The normalized spacial score (nSPS) is 14.1. The van der Waals surface area contributed by atoms with Crippen LogP contribution >= 0.6 is 11.8 Å². The number of thioether (sulfide) groups is 1. The Bertz CT molecular complexity index is 931. The Morgan fingerprint density at radius 3 is 2.61 bits per heavy atom. The van der Waals surface area contributed by atoms with Crippen LogP contribution in [0.1, 0.15) is 28.4 Å². The van der Waals surface area contributed by atoms with E-state index in [4.69, 9.17) is 4.74 Å². The first-order valence-corrected chi connectivity index (χ1v) is 10.0. The summed E-state index contributed by atoms with van der Waals surface area (Å²) in [4.78, 5) is 37.8. The summed E-state index contributed by atoms with van der Waals surface area (Å²) in [5, 5.41) is 11.2. The molecule has 0 unspecified atom stereocenters. The van der Waals surface area contributed by atoms with Crippen molar-refractivity contribution in [2.24, 2.45) is 0 Å². The number of amides is 1. The number of nitro groups is 1. The van der Waals surface area contributed by atoms with Crippen LogP contribution in [0.15, 0.2) is 47.4 Å². The number of carbonyl (C=O) groups is 2. The lowest BCUT2D eigenvalue weighted by Gasteiger charge is -2.30. The largest absolute Gasteiger partial charge is 0.449 e. The molecular weight excluding hydrogens is 380 g/mol. The van der Waals surface area contributed by atoms with Gasteiger partial charge < -0.3 is 9.64 Å². The van der Waals surface area contributed by atoms with Crippen molar-refractivity contribution in [2.75, 3.05) is 12.8 Å². The van der Waals surface area contributed by atoms with Gasteiger partial charge in [0.05, 0.1) is 15.4 Å². The van der Waals surface area contributed by atoms with E-state index < -0.39 is 17.0 Å². The molecular formula is C20H20N2O5S. The van der Waals surface area contributed by atoms with Gasteiger partial charge in [-0.3, -0.25) is 14.9 Å². The second-order valence-electron chi connectivity index (χ2n) is 6.47. The molecule has 0 fully saturated rings. The van der Waals surface area contributed by atoms with Crippen LogP contribution in [-0.2, 0) is 22.5 Å². The van der Waals surface area contributed by atoms with Crippen molar-refractivity contribution in [3.8, 4) is 0 Å². The molecule has 1 aliphatic rings. The maximum Gasteiger partial charge on any atom is 0.339 e. The van der Waals surface area contributed by atoms with Crippen LogP contribution in [0.2, 0.25) is 0 Å². The lowest BCUT2D eigenvalue weighted by atomic mass is 9.99. The van der Waals surface area contributed by atoms with Gasteiger partial charge in [-0.2, -0.15) is 0 Å². The summed E-state index contributed by atoms with van der Waals surface area (Å²) >= 11 is 1.22. The van der Waals surface area contributed by atoms with Gasteiger partial charge in [-0.1, -0.05) is 24.3 Å². The second-order valence-corrected chi connectivity index (χ2v) is 7.32. The topological polar surface area (TPSA) is 89.8 Å². The smallest absolute Gasteiger partial charge is 0.339 e. The van der Waals surface area contributed by atoms with Gasteiger partial charge in [0, 0.05) is 19.2 Å². The summed E-state index contributed by atoms with van der Waals surface area (Å²) < 4.78 is 5.29. The van der Waals surface area contributed by atoms with Crippen molar-refractivity contribution in [3.05, 3.63) is 69.3 Å². The summed E-state index contributed by atoms with van der Waals surface area (Å²) in [5.74, 6) is -1.04. The zero-order chi connectivity index (χ0) is 20.3. The third kappa shape index (κ3) is 4.17. The minimum absolute atomic E-state index is 0.0492. The molecule has 0 saturated heterocycles. The van der Waals surface area contributed by atoms with Crippen molar-refractivity contribution in [1.82, 2.24) is 4.90 Å². The molecule has 1 atom stereocenters. The molecule has 3 rings (SSSR count). The van der Waals surface area contributed by atoms with E-state index in [2.05, 4.69) is 0 Å². The Morgan fingerprint density at radius 1 is 1.21 bits per heavy atom. The van der Waals surface area contributed by atoms with E-state index in [1.165, 1.54) is 42.4 Å². The van der Waals surface area contributed by atoms with Gasteiger partial charge in [-0.25, -0.2) is 4.79 Å². The minimum Gasteiger partial charge on any atom is -0.449 e.